The number of methoxy groups -OCH3 is 1. The lowest BCUT2D eigenvalue weighted by Crippen LogP contribution is -2.32. The quantitative estimate of drug-likeness (QED) is 0.157. The van der Waals surface area contributed by atoms with Gasteiger partial charge in [-0.05, 0) is 25.7 Å². The number of nitrogens with one attached hydrogen (secondary N) is 1. The second kappa shape index (κ2) is 14.4. The van der Waals surface area contributed by atoms with Crippen LogP contribution in [0.5, 0.6) is 0 Å². The third-order valence-electron chi connectivity index (χ3n) is 5.33. The Balaban J connectivity index is 2.00. The molecule has 1 amide bonds. The topological polar surface area (TPSA) is 115 Å². The van der Waals surface area contributed by atoms with E-state index in [9.17, 15) is 9.59 Å². The highest BCUT2D eigenvalue weighted by molar-refractivity contribution is 8.07. The van der Waals surface area contributed by atoms with Crippen molar-refractivity contribution in [2.24, 2.45) is 0 Å². The van der Waals surface area contributed by atoms with Gasteiger partial charge in [0.15, 0.2) is 0 Å². The molecule has 7 unspecified atom stereocenters. The third-order valence-corrected chi connectivity index (χ3v) is 7.72. The Morgan fingerprint density at radius 2 is 1.74 bits per heavy atom. The number of ether oxygens (including phenoxy) is 4. The molecular weight excluding hydrogens is 487 g/mol. The first kappa shape index (κ1) is 29.1. The van der Waals surface area contributed by atoms with Crippen molar-refractivity contribution in [1.82, 2.24) is 5.32 Å². The Morgan fingerprint density at radius 3 is 2.35 bits per heavy atom. The molecule has 1 N–H and O–H groups in total. The van der Waals surface area contributed by atoms with Crippen molar-refractivity contribution in [2.75, 3.05) is 40.5 Å². The van der Waals surface area contributed by atoms with Crippen LogP contribution in [0.3, 0.4) is 0 Å². The first-order chi connectivity index (χ1) is 16.2. The van der Waals surface area contributed by atoms with Crippen LogP contribution in [0.2, 0.25) is 0 Å². The first-order valence-corrected chi connectivity index (χ1v) is 13.9. The highest BCUT2D eigenvalue weighted by Crippen LogP contribution is 2.53. The first-order valence-electron chi connectivity index (χ1n) is 11.3. The molecule has 0 aromatic heterocycles. The third kappa shape index (κ3) is 9.47. The number of esters is 1. The van der Waals surface area contributed by atoms with E-state index in [0.717, 1.165) is 0 Å². The van der Waals surface area contributed by atoms with Crippen molar-refractivity contribution in [2.45, 2.75) is 76.2 Å². The fraction of sp³-hybridized carbons (Fsp3) is 0.857. The molecule has 2 heterocycles. The van der Waals surface area contributed by atoms with Crippen LogP contribution in [0.25, 0.3) is 4.85 Å². The summed E-state index contributed by atoms with van der Waals surface area (Å²) in [5.41, 5.74) is 0. The highest BCUT2D eigenvalue weighted by Gasteiger charge is 2.41. The average molecular weight is 523 g/mol. The standard InChI is InChI=1S/C21H35N2O9PS/c1-14-10-16(31-21(25)7-6-20(24)23-4)19(30-14)13-28-33(34,27-9-8-22-3)32-17-11-15(2)29-18(17)12-26-5/h14-19H,6-13H2,1-2,4-5H3,(H,23,24). The van der Waals surface area contributed by atoms with Gasteiger partial charge in [0, 0.05) is 33.4 Å². The van der Waals surface area contributed by atoms with Gasteiger partial charge in [-0.2, -0.15) is 0 Å². The van der Waals surface area contributed by atoms with Gasteiger partial charge >= 0.3 is 12.7 Å². The van der Waals surface area contributed by atoms with E-state index in [1.165, 1.54) is 7.05 Å². The molecule has 2 aliphatic heterocycles. The smallest absolute Gasteiger partial charge is 0.327 e. The molecule has 13 heteroatoms. The summed E-state index contributed by atoms with van der Waals surface area (Å²) in [6.45, 7) is 8.04. The summed E-state index contributed by atoms with van der Waals surface area (Å²) in [5, 5.41) is 2.47. The van der Waals surface area contributed by atoms with Gasteiger partial charge in [0.1, 0.15) is 24.9 Å². The molecule has 2 saturated heterocycles. The van der Waals surface area contributed by atoms with E-state index in [2.05, 4.69) is 10.2 Å². The lowest BCUT2D eigenvalue weighted by Gasteiger charge is -2.28. The van der Waals surface area contributed by atoms with E-state index in [-0.39, 0.29) is 62.9 Å². The zero-order valence-corrected chi connectivity index (χ0v) is 21.8. The highest BCUT2D eigenvalue weighted by atomic mass is 32.5. The number of nitrogens with zero attached hydrogens (tertiary/aromatic N) is 1. The van der Waals surface area contributed by atoms with Crippen molar-refractivity contribution in [3.8, 4) is 0 Å². The van der Waals surface area contributed by atoms with Gasteiger partial charge in [0.2, 0.25) is 12.5 Å². The predicted octanol–water partition coefficient (Wildman–Crippen LogP) is 1.99. The molecule has 0 aliphatic carbocycles. The summed E-state index contributed by atoms with van der Waals surface area (Å²) in [7, 11) is 3.09. The largest absolute Gasteiger partial charge is 0.459 e. The number of rotatable bonds is 14. The summed E-state index contributed by atoms with van der Waals surface area (Å²) >= 11 is 5.64. The van der Waals surface area contributed by atoms with Gasteiger partial charge in [-0.3, -0.25) is 9.59 Å². The Labute approximate surface area is 206 Å². The van der Waals surface area contributed by atoms with Crippen molar-refractivity contribution in [3.63, 3.8) is 0 Å². The maximum atomic E-state index is 12.2. The van der Waals surface area contributed by atoms with Crippen molar-refractivity contribution in [3.05, 3.63) is 11.4 Å². The van der Waals surface area contributed by atoms with Gasteiger partial charge in [-0.15, -0.1) is 0 Å². The molecule has 0 saturated carbocycles. The molecule has 0 radical (unpaired) electrons. The Kier molecular flexibility index (Phi) is 12.3. The minimum absolute atomic E-state index is 0.00883. The van der Waals surface area contributed by atoms with Crippen LogP contribution in [0.1, 0.15) is 39.5 Å². The monoisotopic (exact) mass is 522 g/mol. The van der Waals surface area contributed by atoms with E-state index >= 15 is 0 Å². The molecule has 2 rings (SSSR count). The summed E-state index contributed by atoms with van der Waals surface area (Å²) in [6, 6.07) is 0. The Hall–Kier alpha value is -1.16. The summed E-state index contributed by atoms with van der Waals surface area (Å²) < 4.78 is 40.3. The molecule has 0 bridgehead atoms. The minimum Gasteiger partial charge on any atom is -0.459 e. The van der Waals surface area contributed by atoms with Gasteiger partial charge in [0.25, 0.3) is 0 Å². The zero-order valence-electron chi connectivity index (χ0n) is 20.1. The number of hydrogen-bond acceptors (Lipinski definition) is 10. The number of amides is 1. The molecule has 194 valence electrons. The number of carbonyl (C=O) groups excluding carboxylic acids is 2. The summed E-state index contributed by atoms with van der Waals surface area (Å²) in [5.74, 6) is -0.723. The fourth-order valence-corrected chi connectivity index (χ4v) is 5.85. The van der Waals surface area contributed by atoms with Gasteiger partial charge in [-0.25, -0.2) is 6.57 Å². The maximum absolute atomic E-state index is 12.2. The minimum atomic E-state index is -3.27. The fourth-order valence-electron chi connectivity index (χ4n) is 3.73. The molecule has 2 aliphatic rings. The lowest BCUT2D eigenvalue weighted by molar-refractivity contribution is -0.153. The summed E-state index contributed by atoms with van der Waals surface area (Å²) in [6.07, 6.45) is -0.874. The van der Waals surface area contributed by atoms with Crippen LogP contribution < -0.4 is 5.32 Å². The van der Waals surface area contributed by atoms with E-state index in [1.807, 2.05) is 13.8 Å². The van der Waals surface area contributed by atoms with Crippen LogP contribution >= 0.6 is 6.72 Å². The van der Waals surface area contributed by atoms with Gasteiger partial charge in [0.05, 0.1) is 37.9 Å². The van der Waals surface area contributed by atoms with Gasteiger partial charge in [-0.1, -0.05) is 0 Å². The zero-order chi connectivity index (χ0) is 25.1. The van der Waals surface area contributed by atoms with E-state index in [0.29, 0.717) is 19.4 Å². The Bertz CT molecular complexity index is 765. The van der Waals surface area contributed by atoms with E-state index in [4.69, 9.17) is 50.9 Å². The summed E-state index contributed by atoms with van der Waals surface area (Å²) in [4.78, 5) is 26.9. The second-order valence-corrected chi connectivity index (χ2v) is 11.2. The molecule has 11 nitrogen and oxygen atoms in total. The molecule has 7 atom stereocenters. The number of carbonyl (C=O) groups is 2. The lowest BCUT2D eigenvalue weighted by atomic mass is 10.1. The molecule has 0 spiro atoms. The molecule has 0 aromatic carbocycles. The molecule has 34 heavy (non-hydrogen) atoms. The van der Waals surface area contributed by atoms with Crippen LogP contribution in [0.15, 0.2) is 0 Å². The molecule has 2 fully saturated rings. The van der Waals surface area contributed by atoms with Crippen LogP contribution in [0.4, 0.5) is 0 Å². The molecular formula is C21H35N2O9PS. The van der Waals surface area contributed by atoms with E-state index < -0.39 is 24.9 Å². The second-order valence-electron chi connectivity index (χ2n) is 8.20. The van der Waals surface area contributed by atoms with E-state index in [1.54, 1.807) is 7.11 Å². The van der Waals surface area contributed by atoms with Crippen LogP contribution in [0, 0.1) is 6.57 Å². The normalized spacial score (nSPS) is 30.4. The average Bonchev–Trinajstić information content (AvgIpc) is 3.31. The van der Waals surface area contributed by atoms with Crippen LogP contribution in [-0.4, -0.2) is 89.0 Å². The maximum Gasteiger partial charge on any atom is 0.327 e. The van der Waals surface area contributed by atoms with Gasteiger partial charge < -0.3 is 42.7 Å². The van der Waals surface area contributed by atoms with Crippen molar-refractivity contribution < 1.29 is 42.1 Å². The predicted molar refractivity (Wildman–Crippen MR) is 125 cm³/mol. The van der Waals surface area contributed by atoms with Crippen molar-refractivity contribution >= 4 is 30.4 Å². The number of hydrogen-bond donors (Lipinski definition) is 1. The SMILES string of the molecule is [C-]#[N+]CCOP(=S)(OCC1OC(C)CC1OC(=O)CCC(=O)NC)OC1CC(C)OC1COC. The van der Waals surface area contributed by atoms with Crippen LogP contribution in [-0.2, 0) is 53.9 Å². The van der Waals surface area contributed by atoms with Crippen molar-refractivity contribution in [1.29, 1.82) is 0 Å². The molecule has 0 aromatic rings. The Morgan fingerprint density at radius 1 is 1.09 bits per heavy atom.